The summed E-state index contributed by atoms with van der Waals surface area (Å²) in [5, 5.41) is 9.38. The van der Waals surface area contributed by atoms with E-state index in [0.29, 0.717) is 18.1 Å². The second kappa shape index (κ2) is 9.67. The molecule has 0 atom stereocenters. The number of para-hydroxylation sites is 1. The van der Waals surface area contributed by atoms with Crippen LogP contribution in [0.2, 0.25) is 5.02 Å². The molecule has 0 unspecified atom stereocenters. The zero-order chi connectivity index (χ0) is 21.6. The van der Waals surface area contributed by atoms with E-state index < -0.39 is 5.97 Å². The third-order valence-corrected chi connectivity index (χ3v) is 5.26. The topological polar surface area (TPSA) is 64.3 Å². The maximum absolute atomic E-state index is 10.6. The van der Waals surface area contributed by atoms with Gasteiger partial charge < -0.3 is 9.84 Å². The monoisotopic (exact) mass is 434 g/mol. The van der Waals surface area contributed by atoms with Crippen LogP contribution >= 0.6 is 11.6 Å². The SMILES string of the molecule is O=C(O)CCCCCOc1ccc2nc(-c3cccc(Cl)c3)n(-c3ccccc3)c2c1. The van der Waals surface area contributed by atoms with Gasteiger partial charge >= 0.3 is 5.97 Å². The predicted molar refractivity (Wildman–Crippen MR) is 123 cm³/mol. The molecular weight excluding hydrogens is 412 g/mol. The minimum absolute atomic E-state index is 0.203. The maximum Gasteiger partial charge on any atom is 0.303 e. The Morgan fingerprint density at radius 1 is 0.968 bits per heavy atom. The molecule has 0 bridgehead atoms. The Hall–Kier alpha value is -3.31. The van der Waals surface area contributed by atoms with Gasteiger partial charge in [-0.15, -0.1) is 0 Å². The van der Waals surface area contributed by atoms with Gasteiger partial charge in [-0.3, -0.25) is 9.36 Å². The zero-order valence-corrected chi connectivity index (χ0v) is 17.8. The normalized spacial score (nSPS) is 11.0. The molecule has 5 nitrogen and oxygen atoms in total. The molecule has 0 aliphatic rings. The molecule has 1 aromatic heterocycles. The summed E-state index contributed by atoms with van der Waals surface area (Å²) in [6, 6.07) is 23.6. The van der Waals surface area contributed by atoms with Crippen LogP contribution in [0, 0.1) is 0 Å². The van der Waals surface area contributed by atoms with Crippen molar-refractivity contribution in [3.63, 3.8) is 0 Å². The number of fused-ring (bicyclic) bond motifs is 1. The van der Waals surface area contributed by atoms with Crippen molar-refractivity contribution in [2.45, 2.75) is 25.7 Å². The Morgan fingerprint density at radius 2 is 1.81 bits per heavy atom. The lowest BCUT2D eigenvalue weighted by Crippen LogP contribution is -2.00. The van der Waals surface area contributed by atoms with Crippen molar-refractivity contribution in [1.29, 1.82) is 0 Å². The molecule has 0 fully saturated rings. The molecule has 1 heterocycles. The second-order valence-electron chi connectivity index (χ2n) is 7.32. The van der Waals surface area contributed by atoms with Gasteiger partial charge in [0.05, 0.1) is 17.6 Å². The number of nitrogens with zero attached hydrogens (tertiary/aromatic N) is 2. The summed E-state index contributed by atoms with van der Waals surface area (Å²) >= 11 is 6.24. The van der Waals surface area contributed by atoms with E-state index in [1.807, 2.05) is 72.8 Å². The van der Waals surface area contributed by atoms with Gasteiger partial charge in [-0.25, -0.2) is 4.98 Å². The minimum Gasteiger partial charge on any atom is -0.494 e. The van der Waals surface area contributed by atoms with Gasteiger partial charge in [-0.1, -0.05) is 41.9 Å². The highest BCUT2D eigenvalue weighted by Crippen LogP contribution is 2.31. The fourth-order valence-electron chi connectivity index (χ4n) is 3.55. The molecule has 3 aromatic carbocycles. The van der Waals surface area contributed by atoms with Crippen molar-refractivity contribution in [3.05, 3.63) is 77.8 Å². The number of aliphatic carboxylic acids is 1. The Balaban J connectivity index is 1.64. The van der Waals surface area contributed by atoms with Crippen molar-refractivity contribution in [1.82, 2.24) is 9.55 Å². The first-order chi connectivity index (χ1) is 15.1. The Kier molecular flexibility index (Phi) is 6.53. The van der Waals surface area contributed by atoms with Crippen LogP contribution in [0.4, 0.5) is 0 Å². The molecule has 4 aromatic rings. The first-order valence-electron chi connectivity index (χ1n) is 10.3. The second-order valence-corrected chi connectivity index (χ2v) is 7.76. The number of ether oxygens (including phenoxy) is 1. The van der Waals surface area contributed by atoms with E-state index in [1.165, 1.54) is 0 Å². The van der Waals surface area contributed by atoms with Gasteiger partial charge in [-0.2, -0.15) is 0 Å². The Bertz CT molecular complexity index is 1190. The van der Waals surface area contributed by atoms with Gasteiger partial charge in [0.1, 0.15) is 11.6 Å². The largest absolute Gasteiger partial charge is 0.494 e. The summed E-state index contributed by atoms with van der Waals surface area (Å²) < 4.78 is 8.05. The van der Waals surface area contributed by atoms with E-state index in [9.17, 15) is 4.79 Å². The van der Waals surface area contributed by atoms with Crippen molar-refractivity contribution < 1.29 is 14.6 Å². The van der Waals surface area contributed by atoms with Gasteiger partial charge in [0.25, 0.3) is 0 Å². The average Bonchev–Trinajstić information content (AvgIpc) is 3.15. The van der Waals surface area contributed by atoms with E-state index in [4.69, 9.17) is 26.4 Å². The number of aromatic nitrogens is 2. The van der Waals surface area contributed by atoms with E-state index >= 15 is 0 Å². The molecule has 0 aliphatic heterocycles. The molecular formula is C25H23ClN2O3. The molecule has 158 valence electrons. The van der Waals surface area contributed by atoms with Crippen molar-refractivity contribution in [2.75, 3.05) is 6.61 Å². The highest BCUT2D eigenvalue weighted by molar-refractivity contribution is 6.30. The van der Waals surface area contributed by atoms with E-state index in [1.54, 1.807) is 0 Å². The number of halogens is 1. The van der Waals surface area contributed by atoms with Crippen LogP contribution in [0.15, 0.2) is 72.8 Å². The molecule has 0 saturated heterocycles. The summed E-state index contributed by atoms with van der Waals surface area (Å²) in [5.74, 6) is 0.825. The van der Waals surface area contributed by atoms with E-state index in [-0.39, 0.29) is 6.42 Å². The summed E-state index contributed by atoms with van der Waals surface area (Å²) in [6.45, 7) is 0.547. The standard InChI is InChI=1S/C25H23ClN2O3/c26-19-9-7-8-18(16-19)25-27-22-14-13-21(31-15-6-2-5-12-24(29)30)17-23(22)28(25)20-10-3-1-4-11-20/h1,3-4,7-11,13-14,16-17H,2,5-6,12,15H2,(H,29,30). The third-order valence-electron chi connectivity index (χ3n) is 5.03. The predicted octanol–water partition coefficient (Wildman–Crippen LogP) is 6.37. The van der Waals surface area contributed by atoms with Crippen molar-refractivity contribution in [2.24, 2.45) is 0 Å². The molecule has 0 radical (unpaired) electrons. The minimum atomic E-state index is -0.754. The van der Waals surface area contributed by atoms with Crippen LogP contribution in [0.25, 0.3) is 28.1 Å². The summed E-state index contributed by atoms with van der Waals surface area (Å²) in [6.07, 6.45) is 2.52. The van der Waals surface area contributed by atoms with Crippen molar-refractivity contribution >= 4 is 28.6 Å². The lowest BCUT2D eigenvalue weighted by atomic mass is 10.2. The van der Waals surface area contributed by atoms with Gasteiger partial charge in [0, 0.05) is 28.8 Å². The Labute approximate surface area is 185 Å². The summed E-state index contributed by atoms with van der Waals surface area (Å²) in [4.78, 5) is 15.5. The van der Waals surface area contributed by atoms with Gasteiger partial charge in [0.15, 0.2) is 0 Å². The lowest BCUT2D eigenvalue weighted by molar-refractivity contribution is -0.137. The van der Waals surface area contributed by atoms with Crippen molar-refractivity contribution in [3.8, 4) is 22.8 Å². The van der Waals surface area contributed by atoms with Crippen LogP contribution in [-0.2, 0) is 4.79 Å². The van der Waals surface area contributed by atoms with Gasteiger partial charge in [-0.05, 0) is 55.7 Å². The van der Waals surface area contributed by atoms with Crippen LogP contribution in [0.1, 0.15) is 25.7 Å². The van der Waals surface area contributed by atoms with Gasteiger partial charge in [0.2, 0.25) is 0 Å². The first kappa shape index (κ1) is 20.9. The molecule has 0 aliphatic carbocycles. The maximum atomic E-state index is 10.6. The number of hydrogen-bond donors (Lipinski definition) is 1. The Morgan fingerprint density at radius 3 is 2.58 bits per heavy atom. The van der Waals surface area contributed by atoms with Crippen LogP contribution in [0.5, 0.6) is 5.75 Å². The smallest absolute Gasteiger partial charge is 0.303 e. The fraction of sp³-hybridized carbons (Fsp3) is 0.200. The zero-order valence-electron chi connectivity index (χ0n) is 17.0. The molecule has 0 saturated carbocycles. The average molecular weight is 435 g/mol. The number of carbonyl (C=O) groups is 1. The fourth-order valence-corrected chi connectivity index (χ4v) is 3.74. The number of rotatable bonds is 9. The first-order valence-corrected chi connectivity index (χ1v) is 10.7. The molecule has 0 amide bonds. The molecule has 6 heteroatoms. The summed E-state index contributed by atoms with van der Waals surface area (Å²) in [7, 11) is 0. The summed E-state index contributed by atoms with van der Waals surface area (Å²) in [5.41, 5.74) is 3.76. The number of benzene rings is 3. The molecule has 31 heavy (non-hydrogen) atoms. The van der Waals surface area contributed by atoms with E-state index in [0.717, 1.165) is 46.7 Å². The van der Waals surface area contributed by atoms with Crippen LogP contribution in [0.3, 0.4) is 0 Å². The third kappa shape index (κ3) is 5.06. The number of carboxylic acids is 1. The quantitative estimate of drug-likeness (QED) is 0.311. The van der Waals surface area contributed by atoms with Crippen LogP contribution in [-0.4, -0.2) is 27.2 Å². The number of imidazole rings is 1. The number of unbranched alkanes of at least 4 members (excludes halogenated alkanes) is 2. The lowest BCUT2D eigenvalue weighted by Gasteiger charge is -2.11. The highest BCUT2D eigenvalue weighted by atomic mass is 35.5. The highest BCUT2D eigenvalue weighted by Gasteiger charge is 2.15. The molecule has 1 N–H and O–H groups in total. The van der Waals surface area contributed by atoms with Crippen LogP contribution < -0.4 is 4.74 Å². The number of hydrogen-bond acceptors (Lipinski definition) is 3. The molecule has 4 rings (SSSR count). The number of carboxylic acid groups (broad SMARTS) is 1. The van der Waals surface area contributed by atoms with E-state index in [2.05, 4.69) is 4.57 Å². The molecule has 0 spiro atoms.